The topological polar surface area (TPSA) is 114 Å². The second-order valence-electron chi connectivity index (χ2n) is 9.63. The zero-order valence-corrected chi connectivity index (χ0v) is 22.7. The van der Waals surface area contributed by atoms with E-state index in [9.17, 15) is 10.1 Å². The SMILES string of the molecule is CCO.CN(C)C(C)(C)COc1ccc(N)cc1.CN(C)C(C)(C)COc1ccc([N+](=O)[O-])cc1. The minimum absolute atomic E-state index is 0.0292. The number of nitrogens with zero attached hydrogens (tertiary/aromatic N) is 3. The fraction of sp³-hybridized carbons (Fsp3) is 0.538. The van der Waals surface area contributed by atoms with Crippen LogP contribution in [0.5, 0.6) is 11.5 Å². The molecule has 0 radical (unpaired) electrons. The molecule has 0 atom stereocenters. The van der Waals surface area contributed by atoms with Crippen molar-refractivity contribution in [2.45, 2.75) is 45.7 Å². The van der Waals surface area contributed by atoms with E-state index in [0.29, 0.717) is 19.0 Å². The van der Waals surface area contributed by atoms with E-state index < -0.39 is 4.92 Å². The molecule has 9 nitrogen and oxygen atoms in total. The van der Waals surface area contributed by atoms with Crippen LogP contribution in [-0.2, 0) is 0 Å². The lowest BCUT2D eigenvalue weighted by molar-refractivity contribution is -0.384. The Morgan fingerprint density at radius 1 is 0.829 bits per heavy atom. The van der Waals surface area contributed by atoms with Gasteiger partial charge in [-0.25, -0.2) is 0 Å². The Kier molecular flexibility index (Phi) is 13.9. The first-order valence-corrected chi connectivity index (χ1v) is 11.5. The Bertz CT molecular complexity index is 851. The summed E-state index contributed by atoms with van der Waals surface area (Å²) in [6, 6.07) is 13.6. The second kappa shape index (κ2) is 15.2. The number of hydrogen-bond acceptors (Lipinski definition) is 8. The molecule has 0 heterocycles. The molecule has 3 N–H and O–H groups in total. The van der Waals surface area contributed by atoms with Crippen LogP contribution in [0, 0.1) is 10.1 Å². The molecule has 0 saturated carbocycles. The van der Waals surface area contributed by atoms with Gasteiger partial charge < -0.3 is 30.1 Å². The summed E-state index contributed by atoms with van der Waals surface area (Å²) < 4.78 is 11.3. The highest BCUT2D eigenvalue weighted by Crippen LogP contribution is 2.20. The maximum absolute atomic E-state index is 10.5. The van der Waals surface area contributed by atoms with E-state index in [0.717, 1.165) is 11.4 Å². The molecule has 0 aliphatic rings. The van der Waals surface area contributed by atoms with E-state index in [1.54, 1.807) is 19.1 Å². The molecule has 0 spiro atoms. The first kappa shape index (κ1) is 32.1. The number of likely N-dealkylation sites (N-methyl/N-ethyl adjacent to an activating group) is 2. The molecular formula is C26H44N4O5. The van der Waals surface area contributed by atoms with Crippen LogP contribution in [0.4, 0.5) is 11.4 Å². The third-order valence-corrected chi connectivity index (χ3v) is 5.53. The van der Waals surface area contributed by atoms with Crippen LogP contribution < -0.4 is 15.2 Å². The highest BCUT2D eigenvalue weighted by Gasteiger charge is 2.22. The third kappa shape index (κ3) is 13.0. The number of ether oxygens (including phenoxy) is 2. The smallest absolute Gasteiger partial charge is 0.269 e. The standard InChI is InChI=1S/C12H18N2O3.C12H20N2O.C2H6O/c1-12(2,13(3)4)9-17-11-7-5-10(6-8-11)14(15)16;1-12(2,14(3)4)9-15-11-7-5-10(13)6-8-11;1-2-3/h5-8H,9H2,1-4H3;5-8H,9,13H2,1-4H3;3H,2H2,1H3. The number of benzene rings is 2. The van der Waals surface area contributed by atoms with Gasteiger partial charge in [0.15, 0.2) is 0 Å². The molecule has 9 heteroatoms. The fourth-order valence-electron chi connectivity index (χ4n) is 2.01. The minimum atomic E-state index is -0.423. The minimum Gasteiger partial charge on any atom is -0.492 e. The van der Waals surface area contributed by atoms with Gasteiger partial charge in [-0.05, 0) is 99.2 Å². The van der Waals surface area contributed by atoms with Crippen molar-refractivity contribution in [1.29, 1.82) is 0 Å². The van der Waals surface area contributed by atoms with Gasteiger partial charge in [0.2, 0.25) is 0 Å². The zero-order chi connectivity index (χ0) is 27.2. The number of hydrogen-bond donors (Lipinski definition) is 2. The van der Waals surface area contributed by atoms with E-state index in [2.05, 4.69) is 37.5 Å². The third-order valence-electron chi connectivity index (χ3n) is 5.53. The van der Waals surface area contributed by atoms with Crippen LogP contribution in [0.1, 0.15) is 34.6 Å². The molecule has 198 valence electrons. The summed E-state index contributed by atoms with van der Waals surface area (Å²) in [5.41, 5.74) is 6.37. The first-order chi connectivity index (χ1) is 16.2. The molecule has 2 rings (SSSR count). The summed E-state index contributed by atoms with van der Waals surface area (Å²) in [5, 5.41) is 18.0. The molecule has 0 bridgehead atoms. The van der Waals surface area contributed by atoms with Gasteiger partial charge in [0.1, 0.15) is 24.7 Å². The van der Waals surface area contributed by atoms with Crippen molar-refractivity contribution in [1.82, 2.24) is 9.80 Å². The normalized spacial score (nSPS) is 11.2. The van der Waals surface area contributed by atoms with Crippen molar-refractivity contribution in [3.8, 4) is 11.5 Å². The summed E-state index contributed by atoms with van der Waals surface area (Å²) in [7, 11) is 8.07. The predicted molar refractivity (Wildman–Crippen MR) is 143 cm³/mol. The Labute approximate surface area is 210 Å². The lowest BCUT2D eigenvalue weighted by Crippen LogP contribution is -2.43. The number of nitro groups is 1. The Morgan fingerprint density at radius 3 is 1.43 bits per heavy atom. The van der Waals surface area contributed by atoms with Crippen molar-refractivity contribution in [3.05, 3.63) is 58.6 Å². The van der Waals surface area contributed by atoms with Crippen LogP contribution in [-0.4, -0.2) is 78.9 Å². The van der Waals surface area contributed by atoms with Gasteiger partial charge in [-0.1, -0.05) is 0 Å². The van der Waals surface area contributed by atoms with Gasteiger partial charge >= 0.3 is 0 Å². The molecule has 0 aliphatic carbocycles. The predicted octanol–water partition coefficient (Wildman–Crippen LogP) is 4.30. The van der Waals surface area contributed by atoms with E-state index in [1.807, 2.05) is 52.5 Å². The number of aliphatic hydroxyl groups excluding tert-OH is 1. The average Bonchev–Trinajstić information content (AvgIpc) is 2.78. The van der Waals surface area contributed by atoms with Crippen LogP contribution >= 0.6 is 0 Å². The van der Waals surface area contributed by atoms with Crippen molar-refractivity contribution in [3.63, 3.8) is 0 Å². The van der Waals surface area contributed by atoms with E-state index in [1.165, 1.54) is 12.1 Å². The number of nitrogen functional groups attached to an aromatic ring is 1. The maximum Gasteiger partial charge on any atom is 0.269 e. The van der Waals surface area contributed by atoms with Crippen molar-refractivity contribution in [2.24, 2.45) is 0 Å². The average molecular weight is 493 g/mol. The lowest BCUT2D eigenvalue weighted by Gasteiger charge is -2.32. The van der Waals surface area contributed by atoms with Gasteiger partial charge in [-0.2, -0.15) is 0 Å². The molecule has 0 fully saturated rings. The van der Waals surface area contributed by atoms with Crippen LogP contribution in [0.2, 0.25) is 0 Å². The van der Waals surface area contributed by atoms with Gasteiger partial charge in [0.25, 0.3) is 5.69 Å². The monoisotopic (exact) mass is 492 g/mol. The van der Waals surface area contributed by atoms with E-state index in [4.69, 9.17) is 20.3 Å². The highest BCUT2D eigenvalue weighted by molar-refractivity contribution is 5.41. The number of anilines is 1. The zero-order valence-electron chi connectivity index (χ0n) is 22.7. The molecule has 0 saturated heterocycles. The van der Waals surface area contributed by atoms with Crippen LogP contribution in [0.3, 0.4) is 0 Å². The number of aliphatic hydroxyl groups is 1. The van der Waals surface area contributed by atoms with Gasteiger partial charge in [-0.15, -0.1) is 0 Å². The molecule has 2 aromatic rings. The molecule has 2 aromatic carbocycles. The molecule has 0 aliphatic heterocycles. The molecule has 0 unspecified atom stereocenters. The molecule has 0 amide bonds. The van der Waals surface area contributed by atoms with Crippen molar-refractivity contribution < 1.29 is 19.5 Å². The van der Waals surface area contributed by atoms with Crippen LogP contribution in [0.25, 0.3) is 0 Å². The summed E-state index contributed by atoms with van der Waals surface area (Å²) in [6.45, 7) is 11.5. The van der Waals surface area contributed by atoms with Gasteiger partial charge in [-0.3, -0.25) is 10.1 Å². The number of nitrogens with two attached hydrogens (primary N) is 1. The highest BCUT2D eigenvalue weighted by atomic mass is 16.6. The number of nitro benzene ring substituents is 1. The Balaban J connectivity index is 0.000000597. The largest absolute Gasteiger partial charge is 0.492 e. The Hall–Kier alpha value is -2.88. The molecular weight excluding hydrogens is 448 g/mol. The summed E-state index contributed by atoms with van der Waals surface area (Å²) in [5.74, 6) is 1.50. The van der Waals surface area contributed by atoms with E-state index >= 15 is 0 Å². The van der Waals surface area contributed by atoms with Gasteiger partial charge in [0, 0.05) is 35.5 Å². The summed E-state index contributed by atoms with van der Waals surface area (Å²) in [6.07, 6.45) is 0. The second-order valence-corrected chi connectivity index (χ2v) is 9.63. The number of non-ortho nitro benzene ring substituents is 1. The molecule has 35 heavy (non-hydrogen) atoms. The first-order valence-electron chi connectivity index (χ1n) is 11.5. The summed E-state index contributed by atoms with van der Waals surface area (Å²) >= 11 is 0. The van der Waals surface area contributed by atoms with E-state index in [-0.39, 0.29) is 23.4 Å². The quantitative estimate of drug-likeness (QED) is 0.302. The molecule has 0 aromatic heterocycles. The van der Waals surface area contributed by atoms with Crippen LogP contribution in [0.15, 0.2) is 48.5 Å². The summed E-state index contributed by atoms with van der Waals surface area (Å²) in [4.78, 5) is 14.3. The maximum atomic E-state index is 10.5. The lowest BCUT2D eigenvalue weighted by atomic mass is 10.1. The fourth-order valence-corrected chi connectivity index (χ4v) is 2.01. The van der Waals surface area contributed by atoms with Crippen molar-refractivity contribution in [2.75, 3.05) is 53.7 Å². The number of rotatable bonds is 9. The van der Waals surface area contributed by atoms with Gasteiger partial charge in [0.05, 0.1) is 4.92 Å². The Morgan fingerprint density at radius 2 is 1.14 bits per heavy atom. The van der Waals surface area contributed by atoms with Crippen molar-refractivity contribution >= 4 is 11.4 Å².